The van der Waals surface area contributed by atoms with Gasteiger partial charge < -0.3 is 10.3 Å². The molecule has 2 rings (SSSR count). The molecule has 2 N–H and O–H groups in total. The van der Waals surface area contributed by atoms with E-state index in [2.05, 4.69) is 17.0 Å². The summed E-state index contributed by atoms with van der Waals surface area (Å²) < 4.78 is 5.20. The van der Waals surface area contributed by atoms with Crippen LogP contribution in [0.5, 0.6) is 0 Å². The lowest BCUT2D eigenvalue weighted by Crippen LogP contribution is -2.39. The first-order valence-electron chi connectivity index (χ1n) is 6.47. The zero-order chi connectivity index (χ0) is 12.4. The molecule has 1 aromatic heterocycles. The minimum atomic E-state index is 0.330. The SMILES string of the molecule is Cc1noc(C)c1CN1CCC(C(C)N)CC1. The Morgan fingerprint density at radius 1 is 1.41 bits per heavy atom. The Labute approximate surface area is 103 Å². The molecule has 1 atom stereocenters. The second kappa shape index (κ2) is 5.19. The highest BCUT2D eigenvalue weighted by molar-refractivity contribution is 5.20. The zero-order valence-electron chi connectivity index (χ0n) is 11.1. The van der Waals surface area contributed by atoms with Gasteiger partial charge in [0.15, 0.2) is 0 Å². The van der Waals surface area contributed by atoms with Gasteiger partial charge in [-0.05, 0) is 52.6 Å². The average Bonchev–Trinajstić information content (AvgIpc) is 2.61. The van der Waals surface area contributed by atoms with Crippen LogP contribution < -0.4 is 5.73 Å². The number of rotatable bonds is 3. The maximum atomic E-state index is 5.95. The lowest BCUT2D eigenvalue weighted by atomic mass is 9.91. The minimum absolute atomic E-state index is 0.330. The van der Waals surface area contributed by atoms with Gasteiger partial charge in [0.05, 0.1) is 5.69 Å². The summed E-state index contributed by atoms with van der Waals surface area (Å²) in [6.07, 6.45) is 2.42. The van der Waals surface area contributed by atoms with Gasteiger partial charge in [-0.1, -0.05) is 5.16 Å². The molecule has 1 unspecified atom stereocenters. The molecule has 1 aromatic rings. The van der Waals surface area contributed by atoms with Crippen LogP contribution in [-0.4, -0.2) is 29.2 Å². The number of piperidine rings is 1. The molecule has 96 valence electrons. The van der Waals surface area contributed by atoms with E-state index in [9.17, 15) is 0 Å². The predicted octanol–water partition coefficient (Wildman–Crippen LogP) is 1.85. The van der Waals surface area contributed by atoms with Crippen molar-refractivity contribution in [2.45, 2.75) is 46.2 Å². The van der Waals surface area contributed by atoms with Gasteiger partial charge in [0.2, 0.25) is 0 Å². The van der Waals surface area contributed by atoms with Crippen LogP contribution in [0.4, 0.5) is 0 Å². The predicted molar refractivity (Wildman–Crippen MR) is 67.6 cm³/mol. The molecular formula is C13H23N3O. The molecule has 4 heteroatoms. The first-order chi connectivity index (χ1) is 8.08. The van der Waals surface area contributed by atoms with Crippen molar-refractivity contribution in [3.8, 4) is 0 Å². The summed E-state index contributed by atoms with van der Waals surface area (Å²) in [5, 5.41) is 4.00. The number of likely N-dealkylation sites (tertiary alicyclic amines) is 1. The van der Waals surface area contributed by atoms with E-state index in [0.717, 1.165) is 31.1 Å². The van der Waals surface area contributed by atoms with Crippen LogP contribution in [0.2, 0.25) is 0 Å². The summed E-state index contributed by atoms with van der Waals surface area (Å²) >= 11 is 0. The molecule has 0 bridgehead atoms. The molecule has 0 saturated carbocycles. The number of hydrogen-bond donors (Lipinski definition) is 1. The van der Waals surface area contributed by atoms with E-state index in [0.29, 0.717) is 12.0 Å². The first kappa shape index (κ1) is 12.6. The maximum Gasteiger partial charge on any atom is 0.138 e. The Morgan fingerprint density at radius 2 is 2.06 bits per heavy atom. The third kappa shape index (κ3) is 2.87. The van der Waals surface area contributed by atoms with Crippen LogP contribution >= 0.6 is 0 Å². The fraction of sp³-hybridized carbons (Fsp3) is 0.769. The molecule has 0 aliphatic carbocycles. The van der Waals surface area contributed by atoms with Crippen LogP contribution in [0.1, 0.15) is 36.8 Å². The van der Waals surface area contributed by atoms with E-state index in [1.165, 1.54) is 18.4 Å². The monoisotopic (exact) mass is 237 g/mol. The second-order valence-electron chi connectivity index (χ2n) is 5.28. The lowest BCUT2D eigenvalue weighted by molar-refractivity contribution is 0.165. The normalized spacial score (nSPS) is 20.7. The van der Waals surface area contributed by atoms with Crippen molar-refractivity contribution < 1.29 is 4.52 Å². The molecule has 0 aromatic carbocycles. The second-order valence-corrected chi connectivity index (χ2v) is 5.28. The molecule has 1 saturated heterocycles. The quantitative estimate of drug-likeness (QED) is 0.871. The van der Waals surface area contributed by atoms with Gasteiger partial charge in [0, 0.05) is 18.2 Å². The summed E-state index contributed by atoms with van der Waals surface area (Å²) in [7, 11) is 0. The van der Waals surface area contributed by atoms with Crippen LogP contribution in [0.15, 0.2) is 4.52 Å². The van der Waals surface area contributed by atoms with Crippen LogP contribution in [0, 0.1) is 19.8 Å². The summed E-state index contributed by atoms with van der Waals surface area (Å²) in [5.74, 6) is 1.65. The van der Waals surface area contributed by atoms with Crippen molar-refractivity contribution in [2.75, 3.05) is 13.1 Å². The molecule has 0 spiro atoms. The van der Waals surface area contributed by atoms with Crippen LogP contribution in [-0.2, 0) is 6.54 Å². The number of aryl methyl sites for hydroxylation is 2. The largest absolute Gasteiger partial charge is 0.361 e. The Kier molecular flexibility index (Phi) is 3.84. The smallest absolute Gasteiger partial charge is 0.138 e. The number of hydrogen-bond acceptors (Lipinski definition) is 4. The molecule has 2 heterocycles. The van der Waals surface area contributed by atoms with Crippen molar-refractivity contribution in [3.05, 3.63) is 17.0 Å². The topological polar surface area (TPSA) is 55.3 Å². The van der Waals surface area contributed by atoms with Gasteiger partial charge >= 0.3 is 0 Å². The van der Waals surface area contributed by atoms with Gasteiger partial charge in [0.25, 0.3) is 0 Å². The highest BCUT2D eigenvalue weighted by Gasteiger charge is 2.23. The molecule has 1 aliphatic rings. The summed E-state index contributed by atoms with van der Waals surface area (Å²) in [4.78, 5) is 2.48. The van der Waals surface area contributed by atoms with E-state index in [1.54, 1.807) is 0 Å². The van der Waals surface area contributed by atoms with E-state index < -0.39 is 0 Å². The standard InChI is InChI=1S/C13H23N3O/c1-9(14)12-4-6-16(7-5-12)8-13-10(2)15-17-11(13)3/h9,12H,4-8,14H2,1-3H3. The fourth-order valence-corrected chi connectivity index (χ4v) is 2.59. The number of nitrogens with two attached hydrogens (primary N) is 1. The minimum Gasteiger partial charge on any atom is -0.361 e. The van der Waals surface area contributed by atoms with Crippen molar-refractivity contribution >= 4 is 0 Å². The van der Waals surface area contributed by atoms with E-state index in [4.69, 9.17) is 10.3 Å². The average molecular weight is 237 g/mol. The van der Waals surface area contributed by atoms with Gasteiger partial charge in [0.1, 0.15) is 5.76 Å². The molecule has 1 fully saturated rings. The number of nitrogens with zero attached hydrogens (tertiary/aromatic N) is 2. The molecule has 4 nitrogen and oxygen atoms in total. The third-order valence-electron chi connectivity index (χ3n) is 3.94. The number of aromatic nitrogens is 1. The molecular weight excluding hydrogens is 214 g/mol. The Morgan fingerprint density at radius 3 is 2.53 bits per heavy atom. The summed E-state index contributed by atoms with van der Waals surface area (Å²) in [6.45, 7) is 9.36. The van der Waals surface area contributed by atoms with Gasteiger partial charge in [-0.3, -0.25) is 4.90 Å². The molecule has 1 aliphatic heterocycles. The van der Waals surface area contributed by atoms with Crippen molar-refractivity contribution in [3.63, 3.8) is 0 Å². The lowest BCUT2D eigenvalue weighted by Gasteiger charge is -2.33. The van der Waals surface area contributed by atoms with Crippen molar-refractivity contribution in [2.24, 2.45) is 11.7 Å². The molecule has 0 amide bonds. The summed E-state index contributed by atoms with van der Waals surface area (Å²) in [5.41, 5.74) is 8.23. The highest BCUT2D eigenvalue weighted by atomic mass is 16.5. The highest BCUT2D eigenvalue weighted by Crippen LogP contribution is 2.22. The van der Waals surface area contributed by atoms with E-state index >= 15 is 0 Å². The van der Waals surface area contributed by atoms with E-state index in [1.807, 2.05) is 13.8 Å². The van der Waals surface area contributed by atoms with Crippen LogP contribution in [0.25, 0.3) is 0 Å². The maximum absolute atomic E-state index is 5.95. The van der Waals surface area contributed by atoms with E-state index in [-0.39, 0.29) is 0 Å². The van der Waals surface area contributed by atoms with Crippen LogP contribution in [0.3, 0.4) is 0 Å². The molecule has 0 radical (unpaired) electrons. The van der Waals surface area contributed by atoms with Gasteiger partial charge in [-0.25, -0.2) is 0 Å². The molecule has 17 heavy (non-hydrogen) atoms. The van der Waals surface area contributed by atoms with Crippen molar-refractivity contribution in [1.29, 1.82) is 0 Å². The summed E-state index contributed by atoms with van der Waals surface area (Å²) in [6, 6.07) is 0.330. The third-order valence-corrected chi connectivity index (χ3v) is 3.94. The van der Waals surface area contributed by atoms with Gasteiger partial charge in [-0.15, -0.1) is 0 Å². The Bertz CT molecular complexity index is 345. The zero-order valence-corrected chi connectivity index (χ0v) is 11.1. The Balaban J connectivity index is 1.90. The Hall–Kier alpha value is -0.870. The first-order valence-corrected chi connectivity index (χ1v) is 6.47. The van der Waals surface area contributed by atoms with Crippen molar-refractivity contribution in [1.82, 2.24) is 10.1 Å². The van der Waals surface area contributed by atoms with Gasteiger partial charge in [-0.2, -0.15) is 0 Å². The fourth-order valence-electron chi connectivity index (χ4n) is 2.59.